The van der Waals surface area contributed by atoms with Gasteiger partial charge in [0.05, 0.1) is 0 Å². The highest BCUT2D eigenvalue weighted by Crippen LogP contribution is 2.36. The maximum Gasteiger partial charge on any atom is 0.0446 e. The Bertz CT molecular complexity index is 592. The molecule has 0 radical (unpaired) electrons. The van der Waals surface area contributed by atoms with Crippen molar-refractivity contribution in [3.8, 4) is 0 Å². The number of likely N-dealkylation sites (tertiary alicyclic amines) is 1. The lowest BCUT2D eigenvalue weighted by molar-refractivity contribution is 0.00629. The molecule has 1 unspecified atom stereocenters. The van der Waals surface area contributed by atoms with Gasteiger partial charge in [-0.2, -0.15) is 0 Å². The number of thiophene rings is 1. The van der Waals surface area contributed by atoms with E-state index in [4.69, 9.17) is 0 Å². The van der Waals surface area contributed by atoms with Crippen molar-refractivity contribution in [3.63, 3.8) is 0 Å². The number of rotatable bonds is 6. The van der Waals surface area contributed by atoms with Gasteiger partial charge in [-0.1, -0.05) is 19.3 Å². The lowest BCUT2D eigenvalue weighted by Gasteiger charge is -2.47. The Kier molecular flexibility index (Phi) is 7.45. The molecule has 1 aromatic rings. The lowest BCUT2D eigenvalue weighted by Crippen LogP contribution is -2.58. The van der Waals surface area contributed by atoms with Crippen LogP contribution in [0.25, 0.3) is 0 Å². The zero-order chi connectivity index (χ0) is 19.3. The van der Waals surface area contributed by atoms with Crippen LogP contribution < -0.4 is 0 Å². The third-order valence-electron chi connectivity index (χ3n) is 7.30. The zero-order valence-electron chi connectivity index (χ0n) is 17.7. The molecular weight excluding hydrogens is 366 g/mol. The van der Waals surface area contributed by atoms with Crippen LogP contribution in [-0.4, -0.2) is 78.3 Å². The minimum absolute atomic E-state index is 0.312. The van der Waals surface area contributed by atoms with Gasteiger partial charge in [0.2, 0.25) is 0 Å². The Balaban J connectivity index is 1.33. The van der Waals surface area contributed by atoms with E-state index in [1.165, 1.54) is 76.0 Å². The summed E-state index contributed by atoms with van der Waals surface area (Å²) in [5, 5.41) is 9.65. The number of hydrogen-bond donors (Lipinski definition) is 1. The summed E-state index contributed by atoms with van der Waals surface area (Å²) in [5.74, 6) is 0.830. The van der Waals surface area contributed by atoms with Gasteiger partial charge in [-0.3, -0.25) is 9.80 Å². The maximum atomic E-state index is 9.65. The van der Waals surface area contributed by atoms with Crippen LogP contribution >= 0.6 is 11.3 Å². The standard InChI is InChI=1S/C23H39N3OS/c1-24-12-9-20(10-13-24)26-15-14-25(17-21(26)11-16-27)18-22-7-8-23(28-22)19-5-3-2-4-6-19/h7-8,19-21,27H,2-6,9-18H2,1H3. The molecule has 3 fully saturated rings. The third kappa shape index (κ3) is 5.17. The molecule has 1 aliphatic carbocycles. The first-order chi connectivity index (χ1) is 13.7. The normalized spacial score (nSPS) is 27.4. The van der Waals surface area contributed by atoms with Crippen LogP contribution in [0.1, 0.15) is 67.0 Å². The molecule has 5 heteroatoms. The van der Waals surface area contributed by atoms with Crippen LogP contribution in [0.15, 0.2) is 12.1 Å². The smallest absolute Gasteiger partial charge is 0.0446 e. The molecule has 0 bridgehead atoms. The van der Waals surface area contributed by atoms with Crippen molar-refractivity contribution in [2.24, 2.45) is 0 Å². The third-order valence-corrected chi connectivity index (χ3v) is 8.53. The SMILES string of the molecule is CN1CCC(N2CCN(Cc3ccc(C4CCCCC4)s3)CC2CCO)CC1. The molecule has 0 spiro atoms. The molecule has 4 nitrogen and oxygen atoms in total. The minimum Gasteiger partial charge on any atom is -0.396 e. The van der Waals surface area contributed by atoms with Crippen molar-refractivity contribution in [1.29, 1.82) is 0 Å². The molecular formula is C23H39N3OS. The lowest BCUT2D eigenvalue weighted by atomic mass is 9.88. The van der Waals surface area contributed by atoms with Crippen LogP contribution in [0.2, 0.25) is 0 Å². The first-order valence-corrected chi connectivity index (χ1v) is 12.4. The molecule has 0 amide bonds. The molecule has 4 rings (SSSR count). The van der Waals surface area contributed by atoms with E-state index < -0.39 is 0 Å². The van der Waals surface area contributed by atoms with E-state index in [2.05, 4.69) is 45.2 Å². The average molecular weight is 406 g/mol. The maximum absolute atomic E-state index is 9.65. The Morgan fingerprint density at radius 1 is 1.00 bits per heavy atom. The van der Waals surface area contributed by atoms with Gasteiger partial charge in [0, 0.05) is 54.6 Å². The molecule has 3 heterocycles. The Morgan fingerprint density at radius 2 is 1.79 bits per heavy atom. The fourth-order valence-corrected chi connectivity index (χ4v) is 6.82. The Labute approximate surface area is 175 Å². The van der Waals surface area contributed by atoms with Crippen molar-refractivity contribution in [2.75, 3.05) is 46.4 Å². The number of nitrogens with zero attached hydrogens (tertiary/aromatic N) is 3. The average Bonchev–Trinajstić information content (AvgIpc) is 3.19. The summed E-state index contributed by atoms with van der Waals surface area (Å²) in [6.07, 6.45) is 10.5. The van der Waals surface area contributed by atoms with Gasteiger partial charge in [-0.15, -0.1) is 11.3 Å². The van der Waals surface area contributed by atoms with E-state index in [-0.39, 0.29) is 0 Å². The summed E-state index contributed by atoms with van der Waals surface area (Å²) in [6, 6.07) is 6.04. The van der Waals surface area contributed by atoms with Gasteiger partial charge in [0.1, 0.15) is 0 Å². The number of piperazine rings is 1. The number of hydrogen-bond acceptors (Lipinski definition) is 5. The second-order valence-electron chi connectivity index (χ2n) is 9.31. The van der Waals surface area contributed by atoms with Crippen molar-refractivity contribution in [1.82, 2.24) is 14.7 Å². The molecule has 1 saturated carbocycles. The van der Waals surface area contributed by atoms with Crippen molar-refractivity contribution in [3.05, 3.63) is 21.9 Å². The summed E-state index contributed by atoms with van der Waals surface area (Å²) in [5.41, 5.74) is 0. The number of piperidine rings is 1. The summed E-state index contributed by atoms with van der Waals surface area (Å²) in [6.45, 7) is 7.30. The summed E-state index contributed by atoms with van der Waals surface area (Å²) in [4.78, 5) is 11.0. The van der Waals surface area contributed by atoms with E-state index >= 15 is 0 Å². The fraction of sp³-hybridized carbons (Fsp3) is 0.826. The monoisotopic (exact) mass is 405 g/mol. The van der Waals surface area contributed by atoms with Gasteiger partial charge in [-0.25, -0.2) is 0 Å². The molecule has 3 aliphatic rings. The molecule has 0 aromatic carbocycles. The van der Waals surface area contributed by atoms with Crippen molar-refractivity contribution < 1.29 is 5.11 Å². The summed E-state index contributed by atoms with van der Waals surface area (Å²) in [7, 11) is 2.24. The van der Waals surface area contributed by atoms with E-state index in [0.29, 0.717) is 12.6 Å². The first kappa shape index (κ1) is 20.8. The molecule has 2 saturated heterocycles. The van der Waals surface area contributed by atoms with E-state index in [1.54, 1.807) is 4.88 Å². The van der Waals surface area contributed by atoms with E-state index in [1.807, 2.05) is 0 Å². The highest BCUT2D eigenvalue weighted by molar-refractivity contribution is 7.12. The van der Waals surface area contributed by atoms with E-state index in [0.717, 1.165) is 31.5 Å². The second kappa shape index (κ2) is 10.0. The molecule has 2 aliphatic heterocycles. The summed E-state index contributed by atoms with van der Waals surface area (Å²) >= 11 is 2.07. The van der Waals surface area contributed by atoms with Crippen molar-refractivity contribution >= 4 is 11.3 Å². The van der Waals surface area contributed by atoms with Gasteiger partial charge in [0.25, 0.3) is 0 Å². The van der Waals surface area contributed by atoms with Crippen LogP contribution in [0.5, 0.6) is 0 Å². The molecule has 28 heavy (non-hydrogen) atoms. The minimum atomic E-state index is 0.312. The summed E-state index contributed by atoms with van der Waals surface area (Å²) < 4.78 is 0. The van der Waals surface area contributed by atoms with Crippen molar-refractivity contribution in [2.45, 2.75) is 75.9 Å². The molecule has 1 aromatic heterocycles. The molecule has 158 valence electrons. The largest absolute Gasteiger partial charge is 0.396 e. The van der Waals surface area contributed by atoms with Gasteiger partial charge in [0.15, 0.2) is 0 Å². The van der Waals surface area contributed by atoms with Crippen LogP contribution in [-0.2, 0) is 6.54 Å². The Morgan fingerprint density at radius 3 is 2.54 bits per heavy atom. The van der Waals surface area contributed by atoms with Crippen LogP contribution in [0.4, 0.5) is 0 Å². The predicted molar refractivity (Wildman–Crippen MR) is 118 cm³/mol. The predicted octanol–water partition coefficient (Wildman–Crippen LogP) is 3.76. The fourth-order valence-electron chi connectivity index (χ4n) is 5.60. The number of aliphatic hydroxyl groups is 1. The topological polar surface area (TPSA) is 30.0 Å². The highest BCUT2D eigenvalue weighted by Gasteiger charge is 2.33. The Hall–Kier alpha value is -0.460. The highest BCUT2D eigenvalue weighted by atomic mass is 32.1. The van der Waals surface area contributed by atoms with E-state index in [9.17, 15) is 5.11 Å². The zero-order valence-corrected chi connectivity index (χ0v) is 18.5. The van der Waals surface area contributed by atoms with Crippen LogP contribution in [0, 0.1) is 0 Å². The van der Waals surface area contributed by atoms with Gasteiger partial charge < -0.3 is 10.0 Å². The van der Waals surface area contributed by atoms with Gasteiger partial charge in [-0.05, 0) is 70.3 Å². The first-order valence-electron chi connectivity index (χ1n) is 11.6. The van der Waals surface area contributed by atoms with Crippen LogP contribution in [0.3, 0.4) is 0 Å². The molecule has 1 N–H and O–H groups in total. The second-order valence-corrected chi connectivity index (χ2v) is 10.5. The van der Waals surface area contributed by atoms with Gasteiger partial charge >= 0.3 is 0 Å². The quantitative estimate of drug-likeness (QED) is 0.780. The number of aliphatic hydroxyl groups excluding tert-OH is 1. The molecule has 1 atom stereocenters.